The average Bonchev–Trinajstić information content (AvgIpc) is 2.80. The molecule has 0 aliphatic carbocycles. The third kappa shape index (κ3) is 9.38. The van der Waals surface area contributed by atoms with E-state index in [2.05, 4.69) is 5.32 Å². The van der Waals surface area contributed by atoms with E-state index in [0.29, 0.717) is 6.42 Å². The van der Waals surface area contributed by atoms with Crippen LogP contribution in [0.15, 0.2) is 54.6 Å². The monoisotopic (exact) mass is 541 g/mol. The number of benzene rings is 2. The van der Waals surface area contributed by atoms with Gasteiger partial charge < -0.3 is 10.2 Å². The highest BCUT2D eigenvalue weighted by Gasteiger charge is 2.32. The van der Waals surface area contributed by atoms with Gasteiger partial charge in [-0.05, 0) is 57.4 Å². The molecule has 0 heterocycles. The summed E-state index contributed by atoms with van der Waals surface area (Å²) in [5.74, 6) is -0.655. The SMILES string of the molecule is CC(C)NC(=O)[C@@H](C)N(CCc1ccccc1)C(=O)CCCN(c1cccc(C(F)(F)F)c1)S(C)(=O)=O. The molecule has 0 saturated heterocycles. The summed E-state index contributed by atoms with van der Waals surface area (Å²) < 4.78 is 65.0. The quantitative estimate of drug-likeness (QED) is 0.436. The molecule has 0 saturated carbocycles. The number of amides is 2. The third-order valence-corrected chi connectivity index (χ3v) is 6.89. The van der Waals surface area contributed by atoms with Crippen LogP contribution in [0.25, 0.3) is 0 Å². The van der Waals surface area contributed by atoms with E-state index >= 15 is 0 Å². The Kier molecular flexibility index (Phi) is 10.5. The van der Waals surface area contributed by atoms with Crippen molar-refractivity contribution in [2.45, 2.75) is 58.3 Å². The van der Waals surface area contributed by atoms with E-state index in [1.165, 1.54) is 11.0 Å². The lowest BCUT2D eigenvalue weighted by Gasteiger charge is -2.30. The largest absolute Gasteiger partial charge is 0.416 e. The first-order valence-corrected chi connectivity index (χ1v) is 13.8. The second-order valence-electron chi connectivity index (χ2n) is 9.15. The summed E-state index contributed by atoms with van der Waals surface area (Å²) >= 11 is 0. The number of halogens is 3. The van der Waals surface area contributed by atoms with Crippen LogP contribution in [-0.4, -0.2) is 56.6 Å². The molecule has 1 N–H and O–H groups in total. The molecule has 0 radical (unpaired) electrons. The van der Waals surface area contributed by atoms with Gasteiger partial charge >= 0.3 is 6.18 Å². The van der Waals surface area contributed by atoms with E-state index < -0.39 is 27.8 Å². The summed E-state index contributed by atoms with van der Waals surface area (Å²) in [6, 6.07) is 12.7. The zero-order chi connectivity index (χ0) is 27.8. The van der Waals surface area contributed by atoms with Crippen molar-refractivity contribution in [2.24, 2.45) is 0 Å². The maximum absolute atomic E-state index is 13.2. The summed E-state index contributed by atoms with van der Waals surface area (Å²) in [6.07, 6.45) is -3.23. The fourth-order valence-corrected chi connectivity index (χ4v) is 4.77. The number of anilines is 1. The molecule has 0 unspecified atom stereocenters. The van der Waals surface area contributed by atoms with E-state index in [-0.39, 0.29) is 49.5 Å². The number of carbonyl (C=O) groups is 2. The Morgan fingerprint density at radius 1 is 0.973 bits per heavy atom. The summed E-state index contributed by atoms with van der Waals surface area (Å²) in [6.45, 7) is 5.35. The minimum atomic E-state index is -4.62. The number of hydrogen-bond acceptors (Lipinski definition) is 4. The van der Waals surface area contributed by atoms with Gasteiger partial charge in [0.05, 0.1) is 17.5 Å². The minimum absolute atomic E-state index is 0.0580. The van der Waals surface area contributed by atoms with Gasteiger partial charge in [0.1, 0.15) is 6.04 Å². The van der Waals surface area contributed by atoms with Crippen LogP contribution in [-0.2, 0) is 32.2 Å². The lowest BCUT2D eigenvalue weighted by atomic mass is 10.1. The fraction of sp³-hybridized carbons (Fsp3) is 0.462. The van der Waals surface area contributed by atoms with Crippen LogP contribution < -0.4 is 9.62 Å². The van der Waals surface area contributed by atoms with Gasteiger partial charge in [-0.2, -0.15) is 13.2 Å². The van der Waals surface area contributed by atoms with Crippen molar-refractivity contribution < 1.29 is 31.2 Å². The zero-order valence-corrected chi connectivity index (χ0v) is 22.3. The highest BCUT2D eigenvalue weighted by Crippen LogP contribution is 2.32. The third-order valence-electron chi connectivity index (χ3n) is 5.70. The average molecular weight is 542 g/mol. The Morgan fingerprint density at radius 2 is 1.62 bits per heavy atom. The number of rotatable bonds is 12. The lowest BCUT2D eigenvalue weighted by Crippen LogP contribution is -2.50. The molecule has 2 rings (SSSR count). The Bertz CT molecular complexity index is 1160. The molecule has 7 nitrogen and oxygen atoms in total. The van der Waals surface area contributed by atoms with Gasteiger partial charge in [-0.1, -0.05) is 36.4 Å². The number of sulfonamides is 1. The van der Waals surface area contributed by atoms with Gasteiger partial charge in [0.15, 0.2) is 0 Å². The Balaban J connectivity index is 2.16. The van der Waals surface area contributed by atoms with Gasteiger partial charge in [-0.25, -0.2) is 8.42 Å². The van der Waals surface area contributed by atoms with Crippen molar-refractivity contribution >= 4 is 27.5 Å². The molecule has 0 spiro atoms. The maximum atomic E-state index is 13.2. The van der Waals surface area contributed by atoms with Crippen LogP contribution in [0.4, 0.5) is 18.9 Å². The van der Waals surface area contributed by atoms with Crippen LogP contribution in [0.3, 0.4) is 0 Å². The van der Waals surface area contributed by atoms with E-state index in [1.54, 1.807) is 6.92 Å². The first kappa shape index (κ1) is 30.1. The minimum Gasteiger partial charge on any atom is -0.352 e. The second-order valence-corrected chi connectivity index (χ2v) is 11.1. The van der Waals surface area contributed by atoms with E-state index in [9.17, 15) is 31.2 Å². The van der Waals surface area contributed by atoms with Crippen molar-refractivity contribution in [1.29, 1.82) is 0 Å². The fourth-order valence-electron chi connectivity index (χ4n) is 3.82. The Morgan fingerprint density at radius 3 is 2.19 bits per heavy atom. The molecule has 0 fully saturated rings. The first-order valence-electron chi connectivity index (χ1n) is 12.0. The predicted molar refractivity (Wildman–Crippen MR) is 137 cm³/mol. The zero-order valence-electron chi connectivity index (χ0n) is 21.5. The molecular formula is C26H34F3N3O4S. The van der Waals surface area contributed by atoms with Crippen LogP contribution in [0, 0.1) is 0 Å². The summed E-state index contributed by atoms with van der Waals surface area (Å²) in [7, 11) is -3.91. The molecule has 0 aromatic heterocycles. The molecule has 37 heavy (non-hydrogen) atoms. The number of nitrogens with zero attached hydrogens (tertiary/aromatic N) is 2. The molecule has 1 atom stereocenters. The van der Waals surface area contributed by atoms with E-state index in [1.807, 2.05) is 44.2 Å². The number of alkyl halides is 3. The van der Waals surface area contributed by atoms with Crippen molar-refractivity contribution in [2.75, 3.05) is 23.7 Å². The lowest BCUT2D eigenvalue weighted by molar-refractivity contribution is -0.140. The molecular weight excluding hydrogens is 507 g/mol. The Hall–Kier alpha value is -3.08. The maximum Gasteiger partial charge on any atom is 0.416 e. The van der Waals surface area contributed by atoms with Crippen molar-refractivity contribution in [3.63, 3.8) is 0 Å². The molecule has 2 aromatic carbocycles. The van der Waals surface area contributed by atoms with Crippen LogP contribution in [0.5, 0.6) is 0 Å². The van der Waals surface area contributed by atoms with Crippen LogP contribution >= 0.6 is 0 Å². The number of nitrogens with one attached hydrogen (secondary N) is 1. The molecule has 0 bridgehead atoms. The number of hydrogen-bond donors (Lipinski definition) is 1. The standard InChI is InChI=1S/C26H34F3N3O4S/c1-19(2)30-25(34)20(3)31(17-15-21-10-6-5-7-11-21)24(33)14-9-16-32(37(4,35)36)23-13-8-12-22(18-23)26(27,28)29/h5-8,10-13,18-20H,9,14-17H2,1-4H3,(H,30,34)/t20-/m1/s1. The summed E-state index contributed by atoms with van der Waals surface area (Å²) in [4.78, 5) is 27.3. The first-order chi connectivity index (χ1) is 17.2. The van der Waals surface area contributed by atoms with Crippen LogP contribution in [0.2, 0.25) is 0 Å². The van der Waals surface area contributed by atoms with Crippen molar-refractivity contribution in [1.82, 2.24) is 10.2 Å². The second kappa shape index (κ2) is 12.9. The summed E-state index contributed by atoms with van der Waals surface area (Å²) in [5.41, 5.74) is -0.105. The number of carbonyl (C=O) groups excluding carboxylic acids is 2. The molecule has 0 aliphatic heterocycles. The molecule has 2 aromatic rings. The van der Waals surface area contributed by atoms with Crippen molar-refractivity contribution in [3.05, 3.63) is 65.7 Å². The van der Waals surface area contributed by atoms with Gasteiger partial charge in [0.25, 0.3) is 0 Å². The molecule has 0 aliphatic rings. The van der Waals surface area contributed by atoms with Gasteiger partial charge in [0.2, 0.25) is 21.8 Å². The van der Waals surface area contributed by atoms with E-state index in [0.717, 1.165) is 34.3 Å². The Labute approximate surface area is 216 Å². The molecule has 204 valence electrons. The smallest absolute Gasteiger partial charge is 0.352 e. The van der Waals surface area contributed by atoms with Crippen molar-refractivity contribution in [3.8, 4) is 0 Å². The summed E-state index contributed by atoms with van der Waals surface area (Å²) in [5, 5.41) is 2.80. The van der Waals surface area contributed by atoms with Crippen LogP contribution in [0.1, 0.15) is 44.7 Å². The predicted octanol–water partition coefficient (Wildman–Crippen LogP) is 4.24. The van der Waals surface area contributed by atoms with E-state index in [4.69, 9.17) is 0 Å². The molecule has 2 amide bonds. The van der Waals surface area contributed by atoms with Gasteiger partial charge in [-0.15, -0.1) is 0 Å². The normalized spacial score (nSPS) is 12.8. The topological polar surface area (TPSA) is 86.8 Å². The molecule has 11 heteroatoms. The highest BCUT2D eigenvalue weighted by atomic mass is 32.2. The van der Waals surface area contributed by atoms with Gasteiger partial charge in [-0.3, -0.25) is 13.9 Å². The highest BCUT2D eigenvalue weighted by molar-refractivity contribution is 7.92. The van der Waals surface area contributed by atoms with Gasteiger partial charge in [0, 0.05) is 25.6 Å².